The second-order valence-electron chi connectivity index (χ2n) is 6.57. The van der Waals surface area contributed by atoms with Gasteiger partial charge >= 0.3 is 0 Å². The Bertz CT molecular complexity index is 497. The van der Waals surface area contributed by atoms with Gasteiger partial charge in [-0.3, -0.25) is 4.79 Å². The molecule has 114 valence electrons. The van der Waals surface area contributed by atoms with Crippen molar-refractivity contribution in [2.24, 2.45) is 0 Å². The van der Waals surface area contributed by atoms with E-state index in [1.165, 1.54) is 0 Å². The lowest BCUT2D eigenvalue weighted by atomic mass is 9.78. The molecule has 2 saturated heterocycles. The predicted molar refractivity (Wildman–Crippen MR) is 75.1 cm³/mol. The maximum atomic E-state index is 12.2. The van der Waals surface area contributed by atoms with E-state index in [4.69, 9.17) is 4.74 Å². The summed E-state index contributed by atoms with van der Waals surface area (Å²) in [5.74, 6) is 0.146. The van der Waals surface area contributed by atoms with Gasteiger partial charge in [0.2, 0.25) is 5.91 Å². The quantitative estimate of drug-likeness (QED) is 0.831. The number of rotatable bonds is 2. The van der Waals surface area contributed by atoms with Gasteiger partial charge < -0.3 is 10.1 Å². The van der Waals surface area contributed by atoms with Crippen LogP contribution in [0.15, 0.2) is 0 Å². The summed E-state index contributed by atoms with van der Waals surface area (Å²) in [6, 6.07) is -0.00849. The first-order valence-corrected chi connectivity index (χ1v) is 9.25. The number of carbonyl (C=O) groups is 1. The first-order valence-electron chi connectivity index (χ1n) is 7.60. The van der Waals surface area contributed by atoms with E-state index < -0.39 is 14.6 Å². The molecule has 0 bridgehead atoms. The van der Waals surface area contributed by atoms with Crippen molar-refractivity contribution in [3.63, 3.8) is 0 Å². The van der Waals surface area contributed by atoms with Gasteiger partial charge in [0, 0.05) is 6.04 Å². The molecular weight excluding hydrogens is 278 g/mol. The number of hydrogen-bond donors (Lipinski definition) is 1. The smallest absolute Gasteiger partial charge is 0.249 e. The molecule has 3 atom stereocenters. The Hall–Kier alpha value is -0.620. The van der Waals surface area contributed by atoms with Crippen molar-refractivity contribution < 1.29 is 17.9 Å². The average molecular weight is 301 g/mol. The first-order chi connectivity index (χ1) is 9.42. The SMILES string of the molecule is C[C@@H]1CC[C@H](C(=O)NC2CCS(=O)(=O)C3(CCC3)C2)O1. The van der Waals surface area contributed by atoms with Crippen LogP contribution in [-0.4, -0.2) is 43.1 Å². The monoisotopic (exact) mass is 301 g/mol. The van der Waals surface area contributed by atoms with Gasteiger partial charge in [-0.1, -0.05) is 6.42 Å². The molecule has 6 heteroatoms. The van der Waals surface area contributed by atoms with Gasteiger partial charge in [-0.15, -0.1) is 0 Å². The molecule has 0 aromatic carbocycles. The van der Waals surface area contributed by atoms with Crippen LogP contribution in [-0.2, 0) is 19.4 Å². The van der Waals surface area contributed by atoms with Gasteiger partial charge in [0.15, 0.2) is 9.84 Å². The van der Waals surface area contributed by atoms with E-state index in [2.05, 4.69) is 5.32 Å². The van der Waals surface area contributed by atoms with Crippen molar-refractivity contribution in [3.05, 3.63) is 0 Å². The maximum Gasteiger partial charge on any atom is 0.249 e. The van der Waals surface area contributed by atoms with Gasteiger partial charge in [0.05, 0.1) is 16.6 Å². The number of hydrogen-bond acceptors (Lipinski definition) is 4. The van der Waals surface area contributed by atoms with Crippen LogP contribution in [0.25, 0.3) is 0 Å². The van der Waals surface area contributed by atoms with Crippen LogP contribution < -0.4 is 5.32 Å². The molecule has 0 radical (unpaired) electrons. The summed E-state index contributed by atoms with van der Waals surface area (Å²) in [6.45, 7) is 1.98. The molecular formula is C14H23NO4S. The molecule has 1 unspecified atom stereocenters. The average Bonchev–Trinajstić information content (AvgIpc) is 2.76. The molecule has 2 aliphatic heterocycles. The zero-order valence-electron chi connectivity index (χ0n) is 11.9. The zero-order valence-corrected chi connectivity index (χ0v) is 12.7. The number of carbonyl (C=O) groups excluding carboxylic acids is 1. The Kier molecular flexibility index (Phi) is 3.57. The molecule has 2 heterocycles. The summed E-state index contributed by atoms with van der Waals surface area (Å²) in [4.78, 5) is 12.2. The van der Waals surface area contributed by atoms with Crippen LogP contribution in [0.5, 0.6) is 0 Å². The van der Waals surface area contributed by atoms with Crippen molar-refractivity contribution in [1.29, 1.82) is 0 Å². The topological polar surface area (TPSA) is 72.5 Å². The Labute approximate surface area is 120 Å². The molecule has 0 aromatic heterocycles. The molecule has 1 N–H and O–H groups in total. The van der Waals surface area contributed by atoms with Crippen LogP contribution in [0.2, 0.25) is 0 Å². The number of amides is 1. The minimum atomic E-state index is -2.97. The fourth-order valence-electron chi connectivity index (χ4n) is 3.69. The lowest BCUT2D eigenvalue weighted by Gasteiger charge is -2.46. The second-order valence-corrected chi connectivity index (χ2v) is 9.07. The molecule has 3 aliphatic rings. The summed E-state index contributed by atoms with van der Waals surface area (Å²) < 4.78 is 29.4. The third-order valence-electron chi connectivity index (χ3n) is 5.15. The number of nitrogens with one attached hydrogen (secondary N) is 1. The second kappa shape index (κ2) is 4.98. The Balaban J connectivity index is 1.60. The summed E-state index contributed by atoms with van der Waals surface area (Å²) >= 11 is 0. The lowest BCUT2D eigenvalue weighted by Crippen LogP contribution is -2.56. The van der Waals surface area contributed by atoms with Crippen LogP contribution in [0.3, 0.4) is 0 Å². The highest BCUT2D eigenvalue weighted by Gasteiger charge is 2.52. The fraction of sp³-hybridized carbons (Fsp3) is 0.929. The van der Waals surface area contributed by atoms with Crippen molar-refractivity contribution in [2.45, 2.75) is 74.9 Å². The van der Waals surface area contributed by atoms with E-state index >= 15 is 0 Å². The molecule has 1 spiro atoms. The summed E-state index contributed by atoms with van der Waals surface area (Å²) in [5, 5.41) is 3.01. The van der Waals surface area contributed by atoms with Gasteiger partial charge in [0.1, 0.15) is 6.10 Å². The predicted octanol–water partition coefficient (Wildman–Crippen LogP) is 1.17. The molecule has 0 aromatic rings. The molecule has 1 aliphatic carbocycles. The molecule has 3 fully saturated rings. The third kappa shape index (κ3) is 2.37. The van der Waals surface area contributed by atoms with Gasteiger partial charge in [-0.2, -0.15) is 0 Å². The Morgan fingerprint density at radius 2 is 2.00 bits per heavy atom. The van der Waals surface area contributed by atoms with E-state index in [0.717, 1.165) is 32.1 Å². The fourth-order valence-corrected chi connectivity index (χ4v) is 6.08. The highest BCUT2D eigenvalue weighted by atomic mass is 32.2. The lowest BCUT2D eigenvalue weighted by molar-refractivity contribution is -0.132. The van der Waals surface area contributed by atoms with Gasteiger partial charge in [-0.25, -0.2) is 8.42 Å². The van der Waals surface area contributed by atoms with E-state index in [9.17, 15) is 13.2 Å². The minimum Gasteiger partial charge on any atom is -0.365 e. The minimum absolute atomic E-state index is 0.00849. The van der Waals surface area contributed by atoms with Crippen molar-refractivity contribution >= 4 is 15.7 Å². The van der Waals surface area contributed by atoms with Crippen molar-refractivity contribution in [3.8, 4) is 0 Å². The van der Waals surface area contributed by atoms with E-state index in [-0.39, 0.29) is 29.9 Å². The van der Waals surface area contributed by atoms with Crippen LogP contribution >= 0.6 is 0 Å². The van der Waals surface area contributed by atoms with Crippen LogP contribution in [0, 0.1) is 0 Å². The molecule has 3 rings (SSSR count). The van der Waals surface area contributed by atoms with Crippen molar-refractivity contribution in [2.75, 3.05) is 5.75 Å². The highest BCUT2D eigenvalue weighted by Crippen LogP contribution is 2.46. The first kappa shape index (κ1) is 14.3. The summed E-state index contributed by atoms with van der Waals surface area (Å²) in [6.07, 6.45) is 5.13. The highest BCUT2D eigenvalue weighted by molar-refractivity contribution is 7.92. The van der Waals surface area contributed by atoms with Crippen molar-refractivity contribution in [1.82, 2.24) is 5.32 Å². The number of ether oxygens (including phenoxy) is 1. The Morgan fingerprint density at radius 3 is 2.55 bits per heavy atom. The van der Waals surface area contributed by atoms with Crippen LogP contribution in [0.1, 0.15) is 51.9 Å². The molecule has 5 nitrogen and oxygen atoms in total. The van der Waals surface area contributed by atoms with E-state index in [1.54, 1.807) is 0 Å². The van der Waals surface area contributed by atoms with E-state index in [0.29, 0.717) is 12.8 Å². The molecule has 1 amide bonds. The molecule has 1 saturated carbocycles. The standard InChI is InChI=1S/C14H23NO4S/c1-10-3-4-12(19-10)13(16)15-11-5-8-20(17,18)14(9-11)6-2-7-14/h10-12H,2-9H2,1H3,(H,15,16)/t10-,11?,12-/m1/s1. The zero-order chi connectivity index (χ0) is 14.4. The van der Waals surface area contributed by atoms with Crippen LogP contribution in [0.4, 0.5) is 0 Å². The van der Waals surface area contributed by atoms with Gasteiger partial charge in [-0.05, 0) is 45.4 Å². The number of sulfone groups is 1. The third-order valence-corrected chi connectivity index (χ3v) is 7.82. The maximum absolute atomic E-state index is 12.2. The summed E-state index contributed by atoms with van der Waals surface area (Å²) in [5.41, 5.74) is 0. The van der Waals surface area contributed by atoms with E-state index in [1.807, 2.05) is 6.92 Å². The Morgan fingerprint density at radius 1 is 1.25 bits per heavy atom. The summed E-state index contributed by atoms with van der Waals surface area (Å²) in [7, 11) is -2.97. The molecule has 20 heavy (non-hydrogen) atoms. The van der Waals surface area contributed by atoms with Gasteiger partial charge in [0.25, 0.3) is 0 Å². The normalized spacial score (nSPS) is 38.4. The largest absolute Gasteiger partial charge is 0.365 e.